The molecule has 6 nitrogen and oxygen atoms in total. The van der Waals surface area contributed by atoms with Crippen molar-refractivity contribution in [3.8, 4) is 11.8 Å². The van der Waals surface area contributed by atoms with Gasteiger partial charge in [-0.2, -0.15) is 5.26 Å². The Hall–Kier alpha value is -3.56. The molecule has 1 aliphatic heterocycles. The second-order valence-corrected chi connectivity index (χ2v) is 8.57. The standard InChI is InChI=1S/C27H30N4O2/c1-19-20(2)31(17-21-8-5-4-6-9-21)27(24(19)16-28)29-26(32)18-30-15-7-10-25(30)22-11-13-23(33-3)14-12-22/h4-6,8-9,11-14,25H,7,10,15,17-18H2,1-3H3,(H,29,32)/t25-/m0/s1. The maximum absolute atomic E-state index is 13.1. The maximum Gasteiger partial charge on any atom is 0.239 e. The molecule has 3 aromatic rings. The Labute approximate surface area is 195 Å². The molecule has 1 atom stereocenters. The first kappa shape index (κ1) is 22.6. The number of hydrogen-bond donors (Lipinski definition) is 1. The Morgan fingerprint density at radius 3 is 2.55 bits per heavy atom. The number of methoxy groups -OCH3 is 1. The summed E-state index contributed by atoms with van der Waals surface area (Å²) in [7, 11) is 1.66. The summed E-state index contributed by atoms with van der Waals surface area (Å²) < 4.78 is 7.30. The first-order valence-electron chi connectivity index (χ1n) is 11.3. The number of carbonyl (C=O) groups is 1. The molecule has 1 saturated heterocycles. The number of anilines is 1. The normalized spacial score (nSPS) is 15.9. The molecule has 2 aromatic carbocycles. The van der Waals surface area contributed by atoms with Crippen LogP contribution in [0.2, 0.25) is 0 Å². The van der Waals surface area contributed by atoms with Gasteiger partial charge in [-0.05, 0) is 62.1 Å². The van der Waals surface area contributed by atoms with Gasteiger partial charge in [-0.15, -0.1) is 0 Å². The van der Waals surface area contributed by atoms with Crippen LogP contribution >= 0.6 is 0 Å². The molecule has 170 valence electrons. The Bertz CT molecular complexity index is 1160. The van der Waals surface area contributed by atoms with E-state index in [0.717, 1.165) is 42.0 Å². The highest BCUT2D eigenvalue weighted by Crippen LogP contribution is 2.33. The van der Waals surface area contributed by atoms with Crippen LogP contribution in [-0.4, -0.2) is 35.6 Å². The van der Waals surface area contributed by atoms with Gasteiger partial charge in [-0.3, -0.25) is 9.69 Å². The van der Waals surface area contributed by atoms with Crippen molar-refractivity contribution in [2.45, 2.75) is 39.3 Å². The number of hydrogen-bond acceptors (Lipinski definition) is 4. The maximum atomic E-state index is 13.1. The van der Waals surface area contributed by atoms with Crippen molar-refractivity contribution in [1.29, 1.82) is 5.26 Å². The number of nitrogens with zero attached hydrogens (tertiary/aromatic N) is 3. The zero-order chi connectivity index (χ0) is 23.4. The van der Waals surface area contributed by atoms with E-state index in [-0.39, 0.29) is 18.5 Å². The van der Waals surface area contributed by atoms with E-state index in [1.54, 1.807) is 7.11 Å². The van der Waals surface area contributed by atoms with Crippen molar-refractivity contribution >= 4 is 11.7 Å². The molecule has 2 heterocycles. The summed E-state index contributed by atoms with van der Waals surface area (Å²) in [6.45, 7) is 5.69. The fraction of sp³-hybridized carbons (Fsp3) is 0.333. The van der Waals surface area contributed by atoms with Crippen LogP contribution in [0.3, 0.4) is 0 Å². The highest BCUT2D eigenvalue weighted by Gasteiger charge is 2.28. The van der Waals surface area contributed by atoms with Crippen LogP contribution in [0.1, 0.15) is 46.8 Å². The van der Waals surface area contributed by atoms with Gasteiger partial charge in [0, 0.05) is 18.3 Å². The van der Waals surface area contributed by atoms with Gasteiger partial charge in [0.15, 0.2) is 0 Å². The molecule has 0 unspecified atom stereocenters. The Morgan fingerprint density at radius 2 is 1.88 bits per heavy atom. The van der Waals surface area contributed by atoms with Crippen LogP contribution < -0.4 is 10.1 Å². The number of rotatable bonds is 7. The van der Waals surface area contributed by atoms with Crippen molar-refractivity contribution in [2.75, 3.05) is 25.5 Å². The minimum atomic E-state index is -0.0984. The second-order valence-electron chi connectivity index (χ2n) is 8.57. The quantitative estimate of drug-likeness (QED) is 0.570. The topological polar surface area (TPSA) is 70.3 Å². The number of ether oxygens (including phenoxy) is 1. The largest absolute Gasteiger partial charge is 0.497 e. The number of aromatic nitrogens is 1. The van der Waals surface area contributed by atoms with E-state index in [1.165, 1.54) is 5.56 Å². The first-order valence-corrected chi connectivity index (χ1v) is 11.3. The number of benzene rings is 2. The van der Waals surface area contributed by atoms with Crippen molar-refractivity contribution < 1.29 is 9.53 Å². The van der Waals surface area contributed by atoms with Gasteiger partial charge in [0.25, 0.3) is 0 Å². The van der Waals surface area contributed by atoms with E-state index in [2.05, 4.69) is 40.6 Å². The van der Waals surface area contributed by atoms with E-state index in [0.29, 0.717) is 17.9 Å². The van der Waals surface area contributed by atoms with Gasteiger partial charge in [-0.1, -0.05) is 42.5 Å². The van der Waals surface area contributed by atoms with Crippen LogP contribution in [0.4, 0.5) is 5.82 Å². The van der Waals surface area contributed by atoms with Crippen molar-refractivity contribution in [3.63, 3.8) is 0 Å². The van der Waals surface area contributed by atoms with Gasteiger partial charge in [0.2, 0.25) is 5.91 Å². The highest BCUT2D eigenvalue weighted by molar-refractivity contribution is 5.93. The summed E-state index contributed by atoms with van der Waals surface area (Å²) >= 11 is 0. The molecule has 4 rings (SSSR count). The minimum absolute atomic E-state index is 0.0984. The van der Waals surface area contributed by atoms with Crippen LogP contribution in [0, 0.1) is 25.2 Å². The third kappa shape index (κ3) is 4.79. The lowest BCUT2D eigenvalue weighted by atomic mass is 10.0. The van der Waals surface area contributed by atoms with E-state index in [1.807, 2.05) is 48.7 Å². The van der Waals surface area contributed by atoms with Gasteiger partial charge in [-0.25, -0.2) is 0 Å². The van der Waals surface area contributed by atoms with E-state index < -0.39 is 0 Å². The molecule has 0 radical (unpaired) electrons. The lowest BCUT2D eigenvalue weighted by Crippen LogP contribution is -2.33. The molecule has 1 fully saturated rings. The number of amides is 1. The smallest absolute Gasteiger partial charge is 0.239 e. The fourth-order valence-electron chi connectivity index (χ4n) is 4.67. The van der Waals surface area contributed by atoms with Gasteiger partial charge < -0.3 is 14.6 Å². The Morgan fingerprint density at radius 1 is 1.15 bits per heavy atom. The average molecular weight is 443 g/mol. The molecule has 0 bridgehead atoms. The molecule has 0 spiro atoms. The predicted octanol–water partition coefficient (Wildman–Crippen LogP) is 4.81. The van der Waals surface area contributed by atoms with E-state index >= 15 is 0 Å². The minimum Gasteiger partial charge on any atom is -0.497 e. The summed E-state index contributed by atoms with van der Waals surface area (Å²) in [4.78, 5) is 15.4. The second kappa shape index (κ2) is 9.93. The molecule has 33 heavy (non-hydrogen) atoms. The molecule has 0 saturated carbocycles. The lowest BCUT2D eigenvalue weighted by molar-refractivity contribution is -0.117. The summed E-state index contributed by atoms with van der Waals surface area (Å²) in [5.41, 5.74) is 4.74. The van der Waals surface area contributed by atoms with Gasteiger partial charge >= 0.3 is 0 Å². The third-order valence-electron chi connectivity index (χ3n) is 6.59. The van der Waals surface area contributed by atoms with Crippen molar-refractivity contribution in [2.24, 2.45) is 0 Å². The Kier molecular flexibility index (Phi) is 6.81. The monoisotopic (exact) mass is 442 g/mol. The number of carbonyl (C=O) groups excluding carboxylic acids is 1. The molecule has 1 amide bonds. The number of nitriles is 1. The molecule has 1 aromatic heterocycles. The van der Waals surface area contributed by atoms with E-state index in [4.69, 9.17) is 4.74 Å². The lowest BCUT2D eigenvalue weighted by Gasteiger charge is -2.24. The van der Waals surface area contributed by atoms with Crippen molar-refractivity contribution in [1.82, 2.24) is 9.47 Å². The predicted molar refractivity (Wildman–Crippen MR) is 129 cm³/mol. The number of nitrogens with one attached hydrogen (secondary N) is 1. The highest BCUT2D eigenvalue weighted by atomic mass is 16.5. The summed E-state index contributed by atoms with van der Waals surface area (Å²) in [6.07, 6.45) is 2.07. The zero-order valence-corrected chi connectivity index (χ0v) is 19.5. The summed E-state index contributed by atoms with van der Waals surface area (Å²) in [6, 6.07) is 20.7. The van der Waals surface area contributed by atoms with Crippen LogP contribution in [0.5, 0.6) is 5.75 Å². The number of likely N-dealkylation sites (tertiary alicyclic amines) is 1. The van der Waals surface area contributed by atoms with Crippen LogP contribution in [-0.2, 0) is 11.3 Å². The zero-order valence-electron chi connectivity index (χ0n) is 19.5. The summed E-state index contributed by atoms with van der Waals surface area (Å²) in [5, 5.41) is 12.9. The summed E-state index contributed by atoms with van der Waals surface area (Å²) in [5.74, 6) is 1.32. The molecule has 0 aliphatic carbocycles. The molecule has 1 N–H and O–H groups in total. The van der Waals surface area contributed by atoms with Crippen molar-refractivity contribution in [3.05, 3.63) is 82.5 Å². The SMILES string of the molecule is COc1ccc([C@@H]2CCCN2CC(=O)Nc2c(C#N)c(C)c(C)n2Cc2ccccc2)cc1. The van der Waals surface area contributed by atoms with Crippen LogP contribution in [0.15, 0.2) is 54.6 Å². The molecular formula is C27H30N4O2. The third-order valence-corrected chi connectivity index (χ3v) is 6.59. The first-order chi connectivity index (χ1) is 16.0. The molecule has 1 aliphatic rings. The average Bonchev–Trinajstić information content (AvgIpc) is 3.38. The van der Waals surface area contributed by atoms with E-state index in [9.17, 15) is 10.1 Å². The molecule has 6 heteroatoms. The fourth-order valence-corrected chi connectivity index (χ4v) is 4.67. The van der Waals surface area contributed by atoms with Gasteiger partial charge in [0.1, 0.15) is 17.6 Å². The Balaban J connectivity index is 1.53. The molecular weight excluding hydrogens is 412 g/mol. The van der Waals surface area contributed by atoms with Crippen LogP contribution in [0.25, 0.3) is 0 Å². The van der Waals surface area contributed by atoms with Gasteiger partial charge in [0.05, 0.1) is 19.2 Å².